The minimum Gasteiger partial charge on any atom is -0.497 e. The number of amides is 1. The molecule has 2 N–H and O–H groups in total. The summed E-state index contributed by atoms with van der Waals surface area (Å²) in [4.78, 5) is 13.2. The zero-order valence-corrected chi connectivity index (χ0v) is 10.1. The zero-order valence-electron chi connectivity index (χ0n) is 10.1. The summed E-state index contributed by atoms with van der Waals surface area (Å²) in [6.45, 7) is 2.05. The van der Waals surface area contributed by atoms with Gasteiger partial charge in [0.05, 0.1) is 20.2 Å². The molecule has 0 aliphatic rings. The van der Waals surface area contributed by atoms with Crippen LogP contribution in [0.3, 0.4) is 0 Å². The van der Waals surface area contributed by atoms with Crippen molar-refractivity contribution in [3.8, 4) is 17.6 Å². The van der Waals surface area contributed by atoms with Crippen LogP contribution in [0.4, 0.5) is 5.69 Å². The lowest BCUT2D eigenvalue weighted by atomic mass is 10.2. The van der Waals surface area contributed by atoms with E-state index in [-0.39, 0.29) is 12.5 Å². The highest BCUT2D eigenvalue weighted by Gasteiger charge is 2.12. The normalized spacial score (nSPS) is 9.12. The van der Waals surface area contributed by atoms with E-state index in [9.17, 15) is 4.79 Å². The monoisotopic (exact) mass is 232 g/mol. The fourth-order valence-electron chi connectivity index (χ4n) is 1.35. The van der Waals surface area contributed by atoms with E-state index < -0.39 is 0 Å². The van der Waals surface area contributed by atoms with Crippen LogP contribution in [0.1, 0.15) is 6.92 Å². The Bertz CT molecular complexity index is 429. The van der Waals surface area contributed by atoms with Crippen LogP contribution in [-0.4, -0.2) is 26.1 Å². The molecule has 0 saturated carbocycles. The summed E-state index contributed by atoms with van der Waals surface area (Å²) >= 11 is 0. The van der Waals surface area contributed by atoms with E-state index in [0.29, 0.717) is 6.54 Å². The molecule has 0 atom stereocenters. The van der Waals surface area contributed by atoms with Gasteiger partial charge in [0.25, 0.3) is 0 Å². The Labute approximate surface area is 101 Å². The average molecular weight is 232 g/mol. The first-order chi connectivity index (χ1) is 8.22. The van der Waals surface area contributed by atoms with Gasteiger partial charge in [-0.15, -0.1) is 5.92 Å². The number of hydrogen-bond donors (Lipinski definition) is 1. The molecule has 0 saturated heterocycles. The molecule has 1 aromatic rings. The van der Waals surface area contributed by atoms with E-state index in [1.807, 2.05) is 12.1 Å². The number of nitrogens with zero attached hydrogens (tertiary/aromatic N) is 1. The maximum Gasteiger partial charge on any atom is 0.241 e. The van der Waals surface area contributed by atoms with E-state index in [1.165, 1.54) is 0 Å². The third-order valence-corrected chi connectivity index (χ3v) is 2.27. The lowest BCUT2D eigenvalue weighted by Crippen LogP contribution is -2.36. The minimum absolute atomic E-state index is 0.0303. The first kappa shape index (κ1) is 13.1. The molecule has 0 aliphatic carbocycles. The Morgan fingerprint density at radius 1 is 1.41 bits per heavy atom. The van der Waals surface area contributed by atoms with Gasteiger partial charge >= 0.3 is 0 Å². The summed E-state index contributed by atoms with van der Waals surface area (Å²) in [7, 11) is 1.60. The van der Waals surface area contributed by atoms with Gasteiger partial charge in [0.1, 0.15) is 5.75 Å². The van der Waals surface area contributed by atoms with Crippen LogP contribution >= 0.6 is 0 Å². The van der Waals surface area contributed by atoms with Crippen molar-refractivity contribution in [2.75, 3.05) is 25.1 Å². The molecule has 0 fully saturated rings. The lowest BCUT2D eigenvalue weighted by molar-refractivity contribution is -0.117. The van der Waals surface area contributed by atoms with Crippen LogP contribution in [0.5, 0.6) is 5.75 Å². The topological polar surface area (TPSA) is 55.6 Å². The van der Waals surface area contributed by atoms with Gasteiger partial charge in [-0.1, -0.05) is 5.92 Å². The smallest absolute Gasteiger partial charge is 0.241 e. The highest BCUT2D eigenvalue weighted by atomic mass is 16.5. The molecule has 17 heavy (non-hydrogen) atoms. The number of rotatable bonds is 4. The van der Waals surface area contributed by atoms with Gasteiger partial charge in [0.2, 0.25) is 5.91 Å². The molecule has 0 heterocycles. The molecule has 1 amide bonds. The Kier molecular flexibility index (Phi) is 5.05. The number of carbonyl (C=O) groups is 1. The minimum atomic E-state index is -0.155. The molecule has 0 radical (unpaired) electrons. The second-order valence-electron chi connectivity index (χ2n) is 3.31. The standard InChI is InChI=1S/C13H16N2O2/c1-3-4-9-15(13(16)10-14)11-5-7-12(17-2)8-6-11/h5-8H,9-10,14H2,1-2H3. The lowest BCUT2D eigenvalue weighted by Gasteiger charge is -2.19. The number of carbonyl (C=O) groups excluding carboxylic acids is 1. The van der Waals surface area contributed by atoms with E-state index >= 15 is 0 Å². The highest BCUT2D eigenvalue weighted by Crippen LogP contribution is 2.18. The zero-order chi connectivity index (χ0) is 12.7. The Morgan fingerprint density at radius 3 is 2.53 bits per heavy atom. The first-order valence-corrected chi connectivity index (χ1v) is 5.27. The van der Waals surface area contributed by atoms with Gasteiger partial charge in [-0.05, 0) is 31.2 Å². The number of anilines is 1. The van der Waals surface area contributed by atoms with E-state index in [2.05, 4.69) is 11.8 Å². The molecule has 0 bridgehead atoms. The summed E-state index contributed by atoms with van der Waals surface area (Å²) in [6, 6.07) is 7.21. The fourth-order valence-corrected chi connectivity index (χ4v) is 1.35. The average Bonchev–Trinajstić information content (AvgIpc) is 2.39. The van der Waals surface area contributed by atoms with Gasteiger partial charge in [0, 0.05) is 5.69 Å². The third-order valence-electron chi connectivity index (χ3n) is 2.27. The number of nitrogens with two attached hydrogens (primary N) is 1. The molecule has 0 unspecified atom stereocenters. The molecular formula is C13H16N2O2. The summed E-state index contributed by atoms with van der Waals surface area (Å²) in [5, 5.41) is 0. The molecule has 0 spiro atoms. The molecule has 1 rings (SSSR count). The van der Waals surface area contributed by atoms with Crippen molar-refractivity contribution in [3.63, 3.8) is 0 Å². The molecule has 4 nitrogen and oxygen atoms in total. The maximum atomic E-state index is 11.7. The fraction of sp³-hybridized carbons (Fsp3) is 0.308. The van der Waals surface area contributed by atoms with Crippen LogP contribution < -0.4 is 15.4 Å². The maximum absolute atomic E-state index is 11.7. The van der Waals surface area contributed by atoms with Crippen LogP contribution in [-0.2, 0) is 4.79 Å². The van der Waals surface area contributed by atoms with Crippen molar-refractivity contribution < 1.29 is 9.53 Å². The van der Waals surface area contributed by atoms with Crippen LogP contribution in [0.25, 0.3) is 0 Å². The van der Waals surface area contributed by atoms with Crippen LogP contribution in [0.15, 0.2) is 24.3 Å². The highest BCUT2D eigenvalue weighted by molar-refractivity contribution is 5.95. The van der Waals surface area contributed by atoms with Crippen molar-refractivity contribution in [1.82, 2.24) is 0 Å². The summed E-state index contributed by atoms with van der Waals surface area (Å²) in [6.07, 6.45) is 0. The second kappa shape index (κ2) is 6.56. The Morgan fingerprint density at radius 2 is 2.06 bits per heavy atom. The van der Waals surface area contributed by atoms with Gasteiger partial charge in [-0.25, -0.2) is 0 Å². The number of methoxy groups -OCH3 is 1. The van der Waals surface area contributed by atoms with Crippen LogP contribution in [0.2, 0.25) is 0 Å². The molecule has 1 aromatic carbocycles. The van der Waals surface area contributed by atoms with Gasteiger partial charge in [0.15, 0.2) is 0 Å². The number of benzene rings is 1. The van der Waals surface area contributed by atoms with E-state index in [1.54, 1.807) is 31.1 Å². The van der Waals surface area contributed by atoms with Crippen molar-refractivity contribution in [3.05, 3.63) is 24.3 Å². The largest absolute Gasteiger partial charge is 0.497 e. The van der Waals surface area contributed by atoms with Crippen molar-refractivity contribution in [2.45, 2.75) is 6.92 Å². The first-order valence-electron chi connectivity index (χ1n) is 5.27. The number of ether oxygens (including phenoxy) is 1. The quantitative estimate of drug-likeness (QED) is 0.788. The van der Waals surface area contributed by atoms with Crippen molar-refractivity contribution in [2.24, 2.45) is 5.73 Å². The van der Waals surface area contributed by atoms with Crippen molar-refractivity contribution >= 4 is 11.6 Å². The van der Waals surface area contributed by atoms with Crippen molar-refractivity contribution in [1.29, 1.82) is 0 Å². The predicted octanol–water partition coefficient (Wildman–Crippen LogP) is 1.01. The Balaban J connectivity index is 2.93. The van der Waals surface area contributed by atoms with Crippen LogP contribution in [0, 0.1) is 11.8 Å². The summed E-state index contributed by atoms with van der Waals surface area (Å²) < 4.78 is 5.06. The molecule has 90 valence electrons. The third kappa shape index (κ3) is 3.51. The molecular weight excluding hydrogens is 216 g/mol. The van der Waals surface area contributed by atoms with Gasteiger partial charge < -0.3 is 10.5 Å². The van der Waals surface area contributed by atoms with E-state index in [0.717, 1.165) is 11.4 Å². The van der Waals surface area contributed by atoms with Gasteiger partial charge in [-0.3, -0.25) is 9.69 Å². The summed E-state index contributed by atoms with van der Waals surface area (Å²) in [5.74, 6) is 6.21. The molecule has 0 aromatic heterocycles. The second-order valence-corrected chi connectivity index (χ2v) is 3.31. The Hall–Kier alpha value is -1.99. The molecule has 0 aliphatic heterocycles. The summed E-state index contributed by atoms with van der Waals surface area (Å²) in [5.41, 5.74) is 6.14. The molecule has 4 heteroatoms. The predicted molar refractivity (Wildman–Crippen MR) is 67.9 cm³/mol. The van der Waals surface area contributed by atoms with E-state index in [4.69, 9.17) is 10.5 Å². The number of hydrogen-bond acceptors (Lipinski definition) is 3. The SMILES string of the molecule is CC#CCN(C(=O)CN)c1ccc(OC)cc1. The van der Waals surface area contributed by atoms with Gasteiger partial charge in [-0.2, -0.15) is 0 Å².